The summed E-state index contributed by atoms with van der Waals surface area (Å²) in [6.07, 6.45) is 0.0711. The molecule has 1 amide bonds. The fraction of sp³-hybridized carbons (Fsp3) is 0.250. The third-order valence-corrected chi connectivity index (χ3v) is 2.72. The quantitative estimate of drug-likeness (QED) is 0.801. The van der Waals surface area contributed by atoms with Gasteiger partial charge in [0.05, 0.1) is 24.6 Å². The summed E-state index contributed by atoms with van der Waals surface area (Å²) in [5, 5.41) is 8.64. The normalized spacial score (nSPS) is 10.6. The Bertz CT molecular complexity index is 636. The van der Waals surface area contributed by atoms with E-state index >= 15 is 0 Å². The Balaban J connectivity index is 2.43. The SMILES string of the molecule is CON(C)C(=O)Cc1n[nH]c(=O)c2ccccc12. The second kappa shape index (κ2) is 4.97. The summed E-state index contributed by atoms with van der Waals surface area (Å²) in [6, 6.07) is 7.04. The molecule has 0 saturated carbocycles. The number of hydrogen-bond donors (Lipinski definition) is 1. The highest BCUT2D eigenvalue weighted by molar-refractivity contribution is 5.87. The van der Waals surface area contributed by atoms with Gasteiger partial charge in [0, 0.05) is 12.4 Å². The molecule has 0 aliphatic rings. The van der Waals surface area contributed by atoms with Gasteiger partial charge in [0.25, 0.3) is 11.5 Å². The van der Waals surface area contributed by atoms with E-state index in [-0.39, 0.29) is 17.9 Å². The van der Waals surface area contributed by atoms with Crippen molar-refractivity contribution in [2.75, 3.05) is 14.2 Å². The first-order valence-electron chi connectivity index (χ1n) is 5.40. The van der Waals surface area contributed by atoms with E-state index < -0.39 is 0 Å². The molecule has 0 bridgehead atoms. The Labute approximate surface area is 103 Å². The monoisotopic (exact) mass is 247 g/mol. The van der Waals surface area contributed by atoms with Gasteiger partial charge in [-0.2, -0.15) is 5.10 Å². The van der Waals surface area contributed by atoms with E-state index in [1.807, 2.05) is 0 Å². The molecule has 0 unspecified atom stereocenters. The van der Waals surface area contributed by atoms with Crippen molar-refractivity contribution in [2.24, 2.45) is 0 Å². The maximum absolute atomic E-state index is 11.7. The molecular weight excluding hydrogens is 234 g/mol. The summed E-state index contributed by atoms with van der Waals surface area (Å²) >= 11 is 0. The van der Waals surface area contributed by atoms with Crippen LogP contribution in [0.5, 0.6) is 0 Å². The summed E-state index contributed by atoms with van der Waals surface area (Å²) < 4.78 is 0. The highest BCUT2D eigenvalue weighted by Crippen LogP contribution is 2.13. The first kappa shape index (κ1) is 12.3. The lowest BCUT2D eigenvalue weighted by molar-refractivity contribution is -0.167. The first-order valence-corrected chi connectivity index (χ1v) is 5.40. The fourth-order valence-corrected chi connectivity index (χ4v) is 1.66. The van der Waals surface area contributed by atoms with E-state index in [9.17, 15) is 9.59 Å². The van der Waals surface area contributed by atoms with Crippen LogP contribution < -0.4 is 5.56 Å². The molecule has 18 heavy (non-hydrogen) atoms. The van der Waals surface area contributed by atoms with Crippen molar-refractivity contribution in [2.45, 2.75) is 6.42 Å². The van der Waals surface area contributed by atoms with Crippen molar-refractivity contribution in [3.05, 3.63) is 40.3 Å². The molecule has 1 aromatic heterocycles. The zero-order chi connectivity index (χ0) is 13.1. The summed E-state index contributed by atoms with van der Waals surface area (Å²) in [4.78, 5) is 28.1. The van der Waals surface area contributed by atoms with Crippen molar-refractivity contribution >= 4 is 16.7 Å². The Morgan fingerprint density at radius 2 is 2.06 bits per heavy atom. The highest BCUT2D eigenvalue weighted by Gasteiger charge is 2.13. The average molecular weight is 247 g/mol. The maximum atomic E-state index is 11.7. The smallest absolute Gasteiger partial charge is 0.272 e. The Morgan fingerprint density at radius 3 is 2.72 bits per heavy atom. The van der Waals surface area contributed by atoms with Gasteiger partial charge in [0.1, 0.15) is 0 Å². The van der Waals surface area contributed by atoms with Crippen molar-refractivity contribution in [1.29, 1.82) is 0 Å². The van der Waals surface area contributed by atoms with E-state index in [0.717, 1.165) is 5.06 Å². The van der Waals surface area contributed by atoms with Crippen LogP contribution in [0.25, 0.3) is 10.8 Å². The van der Waals surface area contributed by atoms with Gasteiger partial charge in [-0.05, 0) is 6.07 Å². The molecule has 2 aromatic rings. The Kier molecular flexibility index (Phi) is 3.38. The topological polar surface area (TPSA) is 75.3 Å². The van der Waals surface area contributed by atoms with Crippen molar-refractivity contribution in [1.82, 2.24) is 15.3 Å². The molecule has 0 fully saturated rings. The highest BCUT2D eigenvalue weighted by atomic mass is 16.7. The number of carbonyl (C=O) groups is 1. The number of carbonyl (C=O) groups excluding carboxylic acids is 1. The summed E-state index contributed by atoms with van der Waals surface area (Å²) in [5.41, 5.74) is 0.265. The molecule has 6 nitrogen and oxygen atoms in total. The predicted molar refractivity (Wildman–Crippen MR) is 65.8 cm³/mol. The second-order valence-electron chi connectivity index (χ2n) is 3.80. The van der Waals surface area contributed by atoms with Crippen molar-refractivity contribution in [3.8, 4) is 0 Å². The second-order valence-corrected chi connectivity index (χ2v) is 3.80. The minimum absolute atomic E-state index is 0.0711. The van der Waals surface area contributed by atoms with Crippen LogP contribution in [0.15, 0.2) is 29.1 Å². The Hall–Kier alpha value is -2.21. The molecule has 2 rings (SSSR count). The van der Waals surface area contributed by atoms with Gasteiger partial charge < -0.3 is 0 Å². The van der Waals surface area contributed by atoms with Crippen LogP contribution >= 0.6 is 0 Å². The van der Waals surface area contributed by atoms with E-state index in [1.165, 1.54) is 14.2 Å². The zero-order valence-electron chi connectivity index (χ0n) is 10.1. The number of likely N-dealkylation sites (N-methyl/N-ethyl adjacent to an activating group) is 1. The molecule has 0 aliphatic carbocycles. The number of nitrogens with one attached hydrogen (secondary N) is 1. The first-order chi connectivity index (χ1) is 8.63. The van der Waals surface area contributed by atoms with Crippen LogP contribution in [0, 0.1) is 0 Å². The van der Waals surface area contributed by atoms with Gasteiger partial charge in [-0.3, -0.25) is 14.4 Å². The molecule has 0 radical (unpaired) electrons. The molecule has 6 heteroatoms. The summed E-state index contributed by atoms with van der Waals surface area (Å²) in [7, 11) is 2.94. The predicted octanol–water partition coefficient (Wildman–Crippen LogP) is 0.485. The molecule has 94 valence electrons. The van der Waals surface area contributed by atoms with Gasteiger partial charge in [-0.25, -0.2) is 10.2 Å². The number of amides is 1. The van der Waals surface area contributed by atoms with Gasteiger partial charge in [-0.1, -0.05) is 18.2 Å². The average Bonchev–Trinajstić information content (AvgIpc) is 2.41. The van der Waals surface area contributed by atoms with Crippen molar-refractivity contribution in [3.63, 3.8) is 0 Å². The number of hydroxylamine groups is 2. The molecular formula is C12H13N3O3. The summed E-state index contributed by atoms with van der Waals surface area (Å²) in [6.45, 7) is 0. The largest absolute Gasteiger partial charge is 0.275 e. The van der Waals surface area contributed by atoms with Crippen molar-refractivity contribution < 1.29 is 9.63 Å². The number of aromatic amines is 1. The van der Waals surface area contributed by atoms with Gasteiger partial charge in [0.15, 0.2) is 0 Å². The minimum Gasteiger partial charge on any atom is -0.275 e. The van der Waals surface area contributed by atoms with E-state index in [4.69, 9.17) is 4.84 Å². The lowest BCUT2D eigenvalue weighted by Crippen LogP contribution is -2.28. The van der Waals surface area contributed by atoms with Crippen LogP contribution in [0.2, 0.25) is 0 Å². The third kappa shape index (κ3) is 2.23. The number of hydrogen-bond acceptors (Lipinski definition) is 4. The zero-order valence-corrected chi connectivity index (χ0v) is 10.1. The molecule has 0 saturated heterocycles. The Morgan fingerprint density at radius 1 is 1.39 bits per heavy atom. The number of benzene rings is 1. The maximum Gasteiger partial charge on any atom is 0.272 e. The number of aromatic nitrogens is 2. The van der Waals surface area contributed by atoms with E-state index in [2.05, 4.69) is 10.2 Å². The number of rotatable bonds is 3. The van der Waals surface area contributed by atoms with Gasteiger partial charge in [0.2, 0.25) is 0 Å². The van der Waals surface area contributed by atoms with E-state index in [1.54, 1.807) is 24.3 Å². The molecule has 0 atom stereocenters. The van der Waals surface area contributed by atoms with Crippen LogP contribution in [-0.4, -0.2) is 35.3 Å². The minimum atomic E-state index is -0.262. The number of H-pyrrole nitrogens is 1. The fourth-order valence-electron chi connectivity index (χ4n) is 1.66. The van der Waals surface area contributed by atoms with Gasteiger partial charge in [-0.15, -0.1) is 0 Å². The van der Waals surface area contributed by atoms with Gasteiger partial charge >= 0.3 is 0 Å². The lowest BCUT2D eigenvalue weighted by atomic mass is 10.1. The summed E-state index contributed by atoms with van der Waals surface area (Å²) in [5.74, 6) is -0.234. The molecule has 0 aliphatic heterocycles. The standard InChI is InChI=1S/C12H13N3O3/c1-15(18-2)11(16)7-10-8-5-3-4-6-9(8)12(17)14-13-10/h3-6H,7H2,1-2H3,(H,14,17). The number of nitrogens with zero attached hydrogens (tertiary/aromatic N) is 2. The van der Waals surface area contributed by atoms with Crippen LogP contribution in [0.1, 0.15) is 5.69 Å². The molecule has 0 spiro atoms. The van der Waals surface area contributed by atoms with Crippen LogP contribution in [-0.2, 0) is 16.1 Å². The number of fused-ring (bicyclic) bond motifs is 1. The lowest BCUT2D eigenvalue weighted by Gasteiger charge is -2.13. The molecule has 1 N–H and O–H groups in total. The van der Waals surface area contributed by atoms with E-state index in [0.29, 0.717) is 16.5 Å². The van der Waals surface area contributed by atoms with Crippen LogP contribution in [0.4, 0.5) is 0 Å². The third-order valence-electron chi connectivity index (χ3n) is 2.72. The molecule has 1 heterocycles. The molecule has 1 aromatic carbocycles. The van der Waals surface area contributed by atoms with Crippen LogP contribution in [0.3, 0.4) is 0 Å².